The summed E-state index contributed by atoms with van der Waals surface area (Å²) in [6, 6.07) is 20.1. The Morgan fingerprint density at radius 1 is 0.909 bits per heavy atom. The maximum atomic E-state index is 13.1. The normalized spacial score (nSPS) is 12.0. The number of rotatable bonds is 8. The van der Waals surface area contributed by atoms with E-state index in [1.807, 2.05) is 43.5 Å². The molecule has 7 nitrogen and oxygen atoms in total. The van der Waals surface area contributed by atoms with Gasteiger partial charge >= 0.3 is 0 Å². The number of benzene rings is 3. The number of anilines is 2. The molecule has 0 heterocycles. The van der Waals surface area contributed by atoms with Crippen LogP contribution in [0.1, 0.15) is 35.8 Å². The summed E-state index contributed by atoms with van der Waals surface area (Å²) in [6.45, 7) is 3.21. The lowest BCUT2D eigenvalue weighted by molar-refractivity contribution is -0.114. The molecule has 2 amide bonds. The second-order valence-electron chi connectivity index (χ2n) is 7.30. The third kappa shape index (κ3) is 6.15. The summed E-state index contributed by atoms with van der Waals surface area (Å²) >= 11 is 1.39. The van der Waals surface area contributed by atoms with Crippen molar-refractivity contribution in [3.63, 3.8) is 0 Å². The molecule has 0 aromatic heterocycles. The molecule has 3 rings (SSSR count). The Balaban J connectivity index is 1.87. The molecule has 0 aliphatic carbocycles. The Labute approximate surface area is 198 Å². The summed E-state index contributed by atoms with van der Waals surface area (Å²) in [5.74, 6) is -0.705. The van der Waals surface area contributed by atoms with Gasteiger partial charge in [-0.2, -0.15) is 0 Å². The van der Waals surface area contributed by atoms with Crippen molar-refractivity contribution in [2.24, 2.45) is 0 Å². The van der Waals surface area contributed by atoms with Crippen molar-refractivity contribution >= 4 is 45.0 Å². The molecule has 9 heteroatoms. The molecule has 172 valence electrons. The van der Waals surface area contributed by atoms with Gasteiger partial charge in [0.25, 0.3) is 15.9 Å². The molecule has 0 unspecified atom stereocenters. The molecule has 0 aliphatic rings. The topological polar surface area (TPSA) is 104 Å². The molecule has 0 radical (unpaired) electrons. The first kappa shape index (κ1) is 24.3. The predicted molar refractivity (Wildman–Crippen MR) is 132 cm³/mol. The average Bonchev–Trinajstić information content (AvgIpc) is 2.79. The molecule has 3 aromatic carbocycles. The first-order valence-electron chi connectivity index (χ1n) is 10.1. The van der Waals surface area contributed by atoms with Crippen LogP contribution in [0.4, 0.5) is 11.4 Å². The van der Waals surface area contributed by atoms with E-state index in [1.165, 1.54) is 36.9 Å². The number of carbonyl (C=O) groups excluding carboxylic acids is 2. The zero-order chi connectivity index (χ0) is 24.0. The summed E-state index contributed by atoms with van der Waals surface area (Å²) in [5.41, 5.74) is 1.70. The average molecular weight is 484 g/mol. The van der Waals surface area contributed by atoms with Gasteiger partial charge in [0.15, 0.2) is 0 Å². The van der Waals surface area contributed by atoms with Crippen LogP contribution in [-0.2, 0) is 14.8 Å². The van der Waals surface area contributed by atoms with Gasteiger partial charge in [-0.25, -0.2) is 8.42 Å². The number of carbonyl (C=O) groups is 2. The second-order valence-corrected chi connectivity index (χ2v) is 9.83. The molecule has 1 atom stereocenters. The van der Waals surface area contributed by atoms with Crippen molar-refractivity contribution in [2.45, 2.75) is 29.7 Å². The third-order valence-corrected chi connectivity index (χ3v) is 7.01. The summed E-state index contributed by atoms with van der Waals surface area (Å²) < 4.78 is 28.7. The summed E-state index contributed by atoms with van der Waals surface area (Å²) in [7, 11) is -4.02. The molecule has 3 N–H and O–H groups in total. The van der Waals surface area contributed by atoms with E-state index in [2.05, 4.69) is 15.4 Å². The van der Waals surface area contributed by atoms with Crippen molar-refractivity contribution in [1.82, 2.24) is 5.32 Å². The smallest absolute Gasteiger partial charge is 0.261 e. The third-order valence-electron chi connectivity index (χ3n) is 4.86. The minimum absolute atomic E-state index is 0.0306. The molecule has 0 fully saturated rings. The van der Waals surface area contributed by atoms with Crippen molar-refractivity contribution in [2.75, 3.05) is 16.3 Å². The first-order valence-corrected chi connectivity index (χ1v) is 12.9. The molecule has 0 spiro atoms. The maximum Gasteiger partial charge on any atom is 0.261 e. The monoisotopic (exact) mass is 483 g/mol. The highest BCUT2D eigenvalue weighted by atomic mass is 32.2. The molecule has 3 aromatic rings. The lowest BCUT2D eigenvalue weighted by Gasteiger charge is -2.17. The molecular weight excluding hydrogens is 458 g/mol. The quantitative estimate of drug-likeness (QED) is 0.404. The first-order chi connectivity index (χ1) is 15.7. The summed E-state index contributed by atoms with van der Waals surface area (Å²) in [4.78, 5) is 25.2. The van der Waals surface area contributed by atoms with Gasteiger partial charge in [-0.15, -0.1) is 11.8 Å². The number of nitrogens with one attached hydrogen (secondary N) is 3. The Kier molecular flexibility index (Phi) is 7.78. The van der Waals surface area contributed by atoms with E-state index in [0.29, 0.717) is 5.69 Å². The van der Waals surface area contributed by atoms with Crippen LogP contribution in [0.25, 0.3) is 0 Å². The van der Waals surface area contributed by atoms with Gasteiger partial charge in [0.2, 0.25) is 5.91 Å². The second kappa shape index (κ2) is 10.5. The van der Waals surface area contributed by atoms with Crippen LogP contribution >= 0.6 is 11.8 Å². The SMILES string of the molecule is CSc1ccc(S(=O)(=O)Nc2ccccc2C(=O)N[C@H](C)c2ccccc2)cc1NC(C)=O. The number of hydrogen-bond acceptors (Lipinski definition) is 5. The van der Waals surface area contributed by atoms with Crippen molar-refractivity contribution in [3.8, 4) is 0 Å². The van der Waals surface area contributed by atoms with Gasteiger partial charge in [-0.1, -0.05) is 42.5 Å². The van der Waals surface area contributed by atoms with E-state index in [4.69, 9.17) is 0 Å². The van der Waals surface area contributed by atoms with Gasteiger partial charge in [-0.05, 0) is 49.1 Å². The van der Waals surface area contributed by atoms with E-state index in [0.717, 1.165) is 10.5 Å². The Morgan fingerprint density at radius 3 is 2.24 bits per heavy atom. The van der Waals surface area contributed by atoms with E-state index < -0.39 is 15.9 Å². The molecule has 0 saturated carbocycles. The Hall–Kier alpha value is -3.30. The zero-order valence-corrected chi connectivity index (χ0v) is 20.1. The fourth-order valence-corrected chi connectivity index (χ4v) is 4.85. The highest BCUT2D eigenvalue weighted by Crippen LogP contribution is 2.29. The Bertz CT molecular complexity index is 1260. The van der Waals surface area contributed by atoms with Crippen LogP contribution in [0, 0.1) is 0 Å². The van der Waals surface area contributed by atoms with Gasteiger partial charge in [-0.3, -0.25) is 14.3 Å². The van der Waals surface area contributed by atoms with E-state index in [9.17, 15) is 18.0 Å². The fraction of sp³-hybridized carbons (Fsp3) is 0.167. The molecule has 0 saturated heterocycles. The predicted octanol–water partition coefficient (Wildman–Crippen LogP) is 4.66. The Morgan fingerprint density at radius 2 is 1.58 bits per heavy atom. The van der Waals surface area contributed by atoms with Gasteiger partial charge in [0.05, 0.1) is 27.9 Å². The molecule has 0 bridgehead atoms. The number of thioether (sulfide) groups is 1. The van der Waals surface area contributed by atoms with Crippen LogP contribution in [-0.4, -0.2) is 26.5 Å². The summed E-state index contributed by atoms with van der Waals surface area (Å²) in [6.07, 6.45) is 1.83. The lowest BCUT2D eigenvalue weighted by Crippen LogP contribution is -2.28. The maximum absolute atomic E-state index is 13.1. The standard InChI is InChI=1S/C24H25N3O4S2/c1-16(18-9-5-4-6-10-18)25-24(29)20-11-7-8-12-21(20)27-33(30,31)19-13-14-23(32-3)22(15-19)26-17(2)28/h4-16,27H,1-3H3,(H,25,29)(H,26,28)/t16-/m1/s1. The minimum atomic E-state index is -4.02. The van der Waals surface area contributed by atoms with Gasteiger partial charge < -0.3 is 10.6 Å². The van der Waals surface area contributed by atoms with Crippen LogP contribution in [0.5, 0.6) is 0 Å². The number of sulfonamides is 1. The molecular formula is C24H25N3O4S2. The van der Waals surface area contributed by atoms with Crippen LogP contribution in [0.3, 0.4) is 0 Å². The highest BCUT2D eigenvalue weighted by molar-refractivity contribution is 7.98. The summed E-state index contributed by atoms with van der Waals surface area (Å²) in [5, 5.41) is 5.55. The highest BCUT2D eigenvalue weighted by Gasteiger charge is 2.21. The van der Waals surface area contributed by atoms with Crippen molar-refractivity contribution in [3.05, 3.63) is 83.9 Å². The largest absolute Gasteiger partial charge is 0.345 e. The van der Waals surface area contributed by atoms with E-state index in [-0.39, 0.29) is 28.1 Å². The fourth-order valence-electron chi connectivity index (χ4n) is 3.21. The van der Waals surface area contributed by atoms with E-state index >= 15 is 0 Å². The van der Waals surface area contributed by atoms with Crippen LogP contribution in [0.2, 0.25) is 0 Å². The van der Waals surface area contributed by atoms with Crippen molar-refractivity contribution in [1.29, 1.82) is 0 Å². The zero-order valence-electron chi connectivity index (χ0n) is 18.5. The van der Waals surface area contributed by atoms with Crippen LogP contribution < -0.4 is 15.4 Å². The minimum Gasteiger partial charge on any atom is -0.345 e. The lowest BCUT2D eigenvalue weighted by atomic mass is 10.1. The van der Waals surface area contributed by atoms with E-state index in [1.54, 1.807) is 24.3 Å². The van der Waals surface area contributed by atoms with Crippen LogP contribution in [0.15, 0.2) is 82.6 Å². The number of amides is 2. The molecule has 33 heavy (non-hydrogen) atoms. The number of hydrogen-bond donors (Lipinski definition) is 3. The van der Waals surface area contributed by atoms with Crippen molar-refractivity contribution < 1.29 is 18.0 Å². The number of para-hydroxylation sites is 1. The molecule has 0 aliphatic heterocycles. The van der Waals surface area contributed by atoms with Gasteiger partial charge in [0.1, 0.15) is 0 Å². The van der Waals surface area contributed by atoms with Gasteiger partial charge in [0, 0.05) is 11.8 Å².